The molecule has 0 unspecified atom stereocenters. The largest absolute Gasteiger partial charge is 0.465 e. The quantitative estimate of drug-likeness (QED) is 0.816. The lowest BCUT2D eigenvalue weighted by Gasteiger charge is -2.05. The summed E-state index contributed by atoms with van der Waals surface area (Å²) < 4.78 is 31.2. The number of hydrogen-bond acceptors (Lipinski definition) is 5. The minimum atomic E-state index is -3.73. The van der Waals surface area contributed by atoms with Gasteiger partial charge in [0, 0.05) is 18.9 Å². The van der Waals surface area contributed by atoms with Gasteiger partial charge in [-0.3, -0.25) is 0 Å². The van der Waals surface area contributed by atoms with Crippen LogP contribution in [0.25, 0.3) is 0 Å². The van der Waals surface area contributed by atoms with Crippen molar-refractivity contribution in [2.45, 2.75) is 11.4 Å². The van der Waals surface area contributed by atoms with Crippen molar-refractivity contribution in [3.05, 3.63) is 40.3 Å². The third-order valence-electron chi connectivity index (χ3n) is 2.42. The molecular weight excluding hydrogens is 288 g/mol. The number of carbonyl (C=O) groups excluding carboxylic acids is 1. The molecule has 0 radical (unpaired) electrons. The van der Waals surface area contributed by atoms with Crippen LogP contribution in [-0.4, -0.2) is 26.5 Å². The predicted molar refractivity (Wildman–Crippen MR) is 70.5 cm³/mol. The minimum absolute atomic E-state index is 0.0557. The average molecular weight is 300 g/mol. The smallest absolute Gasteiger partial charge is 0.349 e. The van der Waals surface area contributed by atoms with Crippen LogP contribution < -0.4 is 4.72 Å². The van der Waals surface area contributed by atoms with E-state index in [4.69, 9.17) is 0 Å². The summed E-state index contributed by atoms with van der Waals surface area (Å²) in [5, 5.41) is 1.54. The number of carbonyl (C=O) groups is 1. The zero-order valence-corrected chi connectivity index (χ0v) is 11.7. The summed E-state index contributed by atoms with van der Waals surface area (Å²) in [6.45, 7) is 0.155. The van der Waals surface area contributed by atoms with Crippen LogP contribution >= 0.6 is 11.3 Å². The zero-order chi connectivity index (χ0) is 13.9. The molecule has 2 N–H and O–H groups in total. The van der Waals surface area contributed by atoms with Gasteiger partial charge in [0.2, 0.25) is 10.0 Å². The van der Waals surface area contributed by atoms with E-state index in [0.717, 1.165) is 16.9 Å². The monoisotopic (exact) mass is 300 g/mol. The Bertz CT molecular complexity index is 659. The lowest BCUT2D eigenvalue weighted by molar-refractivity contribution is 0.0602. The van der Waals surface area contributed by atoms with Gasteiger partial charge >= 0.3 is 5.97 Å². The number of rotatable bonds is 5. The Morgan fingerprint density at radius 3 is 2.89 bits per heavy atom. The summed E-state index contributed by atoms with van der Waals surface area (Å²) in [6.07, 6.45) is 3.39. The van der Waals surface area contributed by atoms with Gasteiger partial charge in [0.15, 0.2) is 0 Å². The van der Waals surface area contributed by atoms with Gasteiger partial charge in [0.1, 0.15) is 9.77 Å². The third kappa shape index (κ3) is 3.03. The maximum absolute atomic E-state index is 12.1. The Labute approximate surface area is 114 Å². The molecule has 2 aromatic rings. The van der Waals surface area contributed by atoms with E-state index in [1.165, 1.54) is 18.6 Å². The summed E-state index contributed by atoms with van der Waals surface area (Å²) in [4.78, 5) is 14.3. The van der Waals surface area contributed by atoms with Crippen molar-refractivity contribution in [2.75, 3.05) is 7.11 Å². The van der Waals surface area contributed by atoms with E-state index in [1.807, 2.05) is 0 Å². The second kappa shape index (κ2) is 5.55. The van der Waals surface area contributed by atoms with Gasteiger partial charge in [-0.25, -0.2) is 17.9 Å². The molecule has 19 heavy (non-hydrogen) atoms. The lowest BCUT2D eigenvalue weighted by atomic mass is 10.4. The molecule has 2 rings (SSSR count). The Hall–Kier alpha value is -1.64. The van der Waals surface area contributed by atoms with Crippen molar-refractivity contribution >= 4 is 27.3 Å². The molecule has 0 saturated carbocycles. The topological polar surface area (TPSA) is 88.3 Å². The predicted octanol–water partition coefficient (Wildman–Crippen LogP) is 1.34. The fourth-order valence-electron chi connectivity index (χ4n) is 1.48. The average Bonchev–Trinajstić information content (AvgIpc) is 3.06. The highest BCUT2D eigenvalue weighted by molar-refractivity contribution is 7.89. The van der Waals surface area contributed by atoms with Gasteiger partial charge in [0.05, 0.1) is 7.11 Å². The molecule has 0 saturated heterocycles. The molecule has 0 bridgehead atoms. The van der Waals surface area contributed by atoms with E-state index in [0.29, 0.717) is 0 Å². The molecule has 6 nitrogen and oxygen atoms in total. The van der Waals surface area contributed by atoms with Gasteiger partial charge < -0.3 is 9.72 Å². The first-order valence-corrected chi connectivity index (χ1v) is 7.68. The Balaban J connectivity index is 2.20. The third-order valence-corrected chi connectivity index (χ3v) is 4.89. The first-order valence-electron chi connectivity index (χ1n) is 5.32. The maximum atomic E-state index is 12.1. The number of thiophene rings is 1. The molecular formula is C11H12N2O4S2. The van der Waals surface area contributed by atoms with Crippen molar-refractivity contribution in [3.8, 4) is 0 Å². The van der Waals surface area contributed by atoms with Crippen LogP contribution in [0.2, 0.25) is 0 Å². The van der Waals surface area contributed by atoms with Crippen molar-refractivity contribution < 1.29 is 17.9 Å². The standard InChI is InChI=1S/C11H12N2O4S2/c1-17-11(14)10-9(3-5-18-10)19(15,16)13-7-8-2-4-12-6-8/h2-6,12-13H,7H2,1H3. The van der Waals surface area contributed by atoms with Crippen molar-refractivity contribution in [1.82, 2.24) is 9.71 Å². The number of aromatic amines is 1. The van der Waals surface area contributed by atoms with E-state index in [9.17, 15) is 13.2 Å². The Morgan fingerprint density at radius 1 is 1.47 bits per heavy atom. The number of nitrogens with one attached hydrogen (secondary N) is 2. The minimum Gasteiger partial charge on any atom is -0.465 e. The lowest BCUT2D eigenvalue weighted by Crippen LogP contribution is -2.24. The second-order valence-electron chi connectivity index (χ2n) is 3.65. The second-order valence-corrected chi connectivity index (χ2v) is 6.30. The summed E-state index contributed by atoms with van der Waals surface area (Å²) in [5.41, 5.74) is 0.804. The molecule has 2 heterocycles. The highest BCUT2D eigenvalue weighted by Crippen LogP contribution is 2.22. The van der Waals surface area contributed by atoms with Gasteiger partial charge in [-0.1, -0.05) is 0 Å². The van der Waals surface area contributed by atoms with E-state index in [2.05, 4.69) is 14.4 Å². The van der Waals surface area contributed by atoms with Gasteiger partial charge in [0.25, 0.3) is 0 Å². The zero-order valence-electron chi connectivity index (χ0n) is 10.0. The number of ether oxygens (including phenoxy) is 1. The van der Waals surface area contributed by atoms with E-state index < -0.39 is 16.0 Å². The van der Waals surface area contributed by atoms with Crippen LogP contribution in [0.5, 0.6) is 0 Å². The van der Waals surface area contributed by atoms with E-state index >= 15 is 0 Å². The van der Waals surface area contributed by atoms with Crippen LogP contribution in [0.4, 0.5) is 0 Å². The molecule has 0 spiro atoms. The van der Waals surface area contributed by atoms with Gasteiger partial charge in [-0.2, -0.15) is 0 Å². The first-order chi connectivity index (χ1) is 9.04. The molecule has 0 amide bonds. The van der Waals surface area contributed by atoms with Crippen molar-refractivity contribution in [3.63, 3.8) is 0 Å². The highest BCUT2D eigenvalue weighted by Gasteiger charge is 2.24. The molecule has 0 aliphatic heterocycles. The number of methoxy groups -OCH3 is 1. The summed E-state index contributed by atoms with van der Waals surface area (Å²) in [6, 6.07) is 3.15. The number of sulfonamides is 1. The Morgan fingerprint density at radius 2 is 2.26 bits per heavy atom. The normalized spacial score (nSPS) is 11.4. The van der Waals surface area contributed by atoms with Gasteiger partial charge in [-0.05, 0) is 23.1 Å². The van der Waals surface area contributed by atoms with Crippen LogP contribution in [0.3, 0.4) is 0 Å². The van der Waals surface area contributed by atoms with Crippen LogP contribution in [0.1, 0.15) is 15.2 Å². The first kappa shape index (κ1) is 13.8. The van der Waals surface area contributed by atoms with Crippen LogP contribution in [0, 0.1) is 0 Å². The van der Waals surface area contributed by atoms with E-state index in [1.54, 1.807) is 18.5 Å². The molecule has 2 aromatic heterocycles. The number of hydrogen-bond donors (Lipinski definition) is 2. The number of esters is 1. The van der Waals surface area contributed by atoms with Gasteiger partial charge in [-0.15, -0.1) is 11.3 Å². The molecule has 0 aromatic carbocycles. The highest BCUT2D eigenvalue weighted by atomic mass is 32.2. The van der Waals surface area contributed by atoms with Crippen molar-refractivity contribution in [1.29, 1.82) is 0 Å². The molecule has 0 aliphatic carbocycles. The van der Waals surface area contributed by atoms with Crippen LogP contribution in [0.15, 0.2) is 34.8 Å². The molecule has 0 fully saturated rings. The molecule has 102 valence electrons. The van der Waals surface area contributed by atoms with Crippen LogP contribution in [-0.2, 0) is 21.3 Å². The fourth-order valence-corrected chi connectivity index (χ4v) is 3.83. The molecule has 8 heteroatoms. The number of H-pyrrole nitrogens is 1. The number of aromatic nitrogens is 1. The summed E-state index contributed by atoms with van der Waals surface area (Å²) in [7, 11) is -2.52. The summed E-state index contributed by atoms with van der Waals surface area (Å²) in [5.74, 6) is -0.656. The fraction of sp³-hybridized carbons (Fsp3) is 0.182. The van der Waals surface area contributed by atoms with E-state index in [-0.39, 0.29) is 16.3 Å². The molecule has 0 aliphatic rings. The maximum Gasteiger partial charge on any atom is 0.349 e. The summed E-state index contributed by atoms with van der Waals surface area (Å²) >= 11 is 1.03. The Kier molecular flexibility index (Phi) is 4.03. The SMILES string of the molecule is COC(=O)c1sccc1S(=O)(=O)NCc1cc[nH]c1. The molecule has 0 atom stereocenters. The van der Waals surface area contributed by atoms with Crippen molar-refractivity contribution in [2.24, 2.45) is 0 Å².